The summed E-state index contributed by atoms with van der Waals surface area (Å²) in [4.78, 5) is 31.1. The maximum Gasteiger partial charge on any atom is 0.337 e. The summed E-state index contributed by atoms with van der Waals surface area (Å²) in [5, 5.41) is 13.4. The Kier molecular flexibility index (Phi) is 7.14. The number of halogens is 1. The summed E-state index contributed by atoms with van der Waals surface area (Å²) in [6, 6.07) is 14.0. The first-order chi connectivity index (χ1) is 18.3. The van der Waals surface area contributed by atoms with Gasteiger partial charge in [-0.1, -0.05) is 35.9 Å². The third-order valence-corrected chi connectivity index (χ3v) is 8.04. The number of aryl methyl sites for hydroxylation is 2. The number of fused-ring (bicyclic) bond motifs is 3. The zero-order valence-electron chi connectivity index (χ0n) is 21.4. The van der Waals surface area contributed by atoms with E-state index in [1.807, 2.05) is 35.8 Å². The molecular formula is C28H26ClN5O3S. The largest absolute Gasteiger partial charge is 0.465 e. The van der Waals surface area contributed by atoms with E-state index in [0.717, 1.165) is 38.8 Å². The maximum atomic E-state index is 13.1. The van der Waals surface area contributed by atoms with Crippen molar-refractivity contribution >= 4 is 40.5 Å². The van der Waals surface area contributed by atoms with Crippen LogP contribution in [0, 0.1) is 20.8 Å². The molecule has 0 bridgehead atoms. The van der Waals surface area contributed by atoms with Crippen molar-refractivity contribution in [2.24, 2.45) is 4.99 Å². The van der Waals surface area contributed by atoms with E-state index >= 15 is 0 Å². The Bertz CT molecular complexity index is 1550. The molecule has 8 nitrogen and oxygen atoms in total. The number of nitrogens with zero attached hydrogens (tertiary/aromatic N) is 4. The quantitative estimate of drug-likeness (QED) is 0.331. The minimum absolute atomic E-state index is 0.0996. The number of aromatic nitrogens is 3. The molecule has 0 saturated carbocycles. The van der Waals surface area contributed by atoms with Crippen molar-refractivity contribution in [3.05, 3.63) is 97.9 Å². The van der Waals surface area contributed by atoms with Gasteiger partial charge in [0.05, 0.1) is 24.8 Å². The van der Waals surface area contributed by atoms with E-state index in [1.165, 1.54) is 12.0 Å². The first-order valence-electron chi connectivity index (χ1n) is 12.1. The maximum absolute atomic E-state index is 13.1. The summed E-state index contributed by atoms with van der Waals surface area (Å²) in [5.74, 6) is 0.802. The Labute approximate surface area is 229 Å². The molecule has 38 heavy (non-hydrogen) atoms. The number of benzene rings is 2. The number of nitrogens with one attached hydrogen (secondary N) is 1. The molecule has 1 N–H and O–H groups in total. The fourth-order valence-electron chi connectivity index (χ4n) is 4.46. The van der Waals surface area contributed by atoms with Crippen LogP contribution < -0.4 is 5.32 Å². The second kappa shape index (κ2) is 10.5. The van der Waals surface area contributed by atoms with E-state index in [1.54, 1.807) is 35.6 Å². The van der Waals surface area contributed by atoms with E-state index in [0.29, 0.717) is 23.0 Å². The topological polar surface area (TPSA) is 98.5 Å². The number of hydrogen-bond donors (Lipinski definition) is 1. The van der Waals surface area contributed by atoms with Gasteiger partial charge in [-0.25, -0.2) is 4.79 Å². The molecule has 0 unspecified atom stereocenters. The number of carbonyl (C=O) groups is 2. The van der Waals surface area contributed by atoms with Gasteiger partial charge in [-0.15, -0.1) is 21.5 Å². The van der Waals surface area contributed by atoms with Crippen LogP contribution in [0.3, 0.4) is 0 Å². The standard InChI is InChI=1S/C28H26ClN5O3S/c1-15-16(2)38-27-24(15)25(19-9-11-21(29)12-10-19)31-22(26-33-32-17(3)34(26)27)13-23(35)30-14-18-5-7-20(8-6-18)28(36)37-4/h5-12,22H,13-14H2,1-4H3,(H,30,35)/t22-/m0/s1. The SMILES string of the molecule is COC(=O)c1ccc(CNC(=O)C[C@@H]2N=C(c3ccc(Cl)cc3)c3c(sc(C)c3C)-n3c(C)nnc32)cc1. The summed E-state index contributed by atoms with van der Waals surface area (Å²) in [5.41, 5.74) is 5.21. The van der Waals surface area contributed by atoms with Crippen LogP contribution in [0.15, 0.2) is 53.5 Å². The molecule has 1 amide bonds. The van der Waals surface area contributed by atoms with Crippen molar-refractivity contribution in [1.29, 1.82) is 0 Å². The number of aliphatic imine (C=N–C) groups is 1. The van der Waals surface area contributed by atoms with E-state index in [-0.39, 0.29) is 12.3 Å². The van der Waals surface area contributed by atoms with Crippen LogP contribution in [-0.2, 0) is 16.1 Å². The van der Waals surface area contributed by atoms with Gasteiger partial charge in [-0.2, -0.15) is 0 Å². The Balaban J connectivity index is 1.46. The molecule has 10 heteroatoms. The smallest absolute Gasteiger partial charge is 0.337 e. The van der Waals surface area contributed by atoms with Crippen molar-refractivity contribution in [3.63, 3.8) is 0 Å². The lowest BCUT2D eigenvalue weighted by atomic mass is 9.99. The lowest BCUT2D eigenvalue weighted by molar-refractivity contribution is -0.121. The molecule has 3 heterocycles. The Morgan fingerprint density at radius 2 is 1.76 bits per heavy atom. The second-order valence-electron chi connectivity index (χ2n) is 9.07. The number of hydrogen-bond acceptors (Lipinski definition) is 7. The number of esters is 1. The highest BCUT2D eigenvalue weighted by molar-refractivity contribution is 7.15. The average molecular weight is 548 g/mol. The van der Waals surface area contributed by atoms with Gasteiger partial charge in [-0.3, -0.25) is 14.4 Å². The zero-order chi connectivity index (χ0) is 27.0. The number of rotatable bonds is 6. The molecule has 194 valence electrons. The molecule has 2 aromatic heterocycles. The van der Waals surface area contributed by atoms with Crippen LogP contribution in [0.2, 0.25) is 5.02 Å². The number of thiophene rings is 1. The van der Waals surface area contributed by atoms with E-state index < -0.39 is 12.0 Å². The van der Waals surface area contributed by atoms with Crippen LogP contribution in [-0.4, -0.2) is 39.5 Å². The summed E-state index contributed by atoms with van der Waals surface area (Å²) in [7, 11) is 1.34. The molecule has 0 saturated heterocycles. The minimum Gasteiger partial charge on any atom is -0.465 e. The van der Waals surface area contributed by atoms with Crippen molar-refractivity contribution in [1.82, 2.24) is 20.1 Å². The fourth-order valence-corrected chi connectivity index (χ4v) is 5.80. The molecule has 1 aliphatic rings. The van der Waals surface area contributed by atoms with Gasteiger partial charge in [0.1, 0.15) is 16.9 Å². The minimum atomic E-state index is -0.539. The lowest BCUT2D eigenvalue weighted by Gasteiger charge is -2.13. The molecule has 1 atom stereocenters. The van der Waals surface area contributed by atoms with Crippen molar-refractivity contribution in [2.45, 2.75) is 39.8 Å². The number of amides is 1. The highest BCUT2D eigenvalue weighted by Gasteiger charge is 2.32. The van der Waals surface area contributed by atoms with Crippen molar-refractivity contribution in [3.8, 4) is 5.00 Å². The van der Waals surface area contributed by atoms with Crippen LogP contribution in [0.4, 0.5) is 0 Å². The Morgan fingerprint density at radius 3 is 2.45 bits per heavy atom. The molecule has 4 aromatic rings. The third-order valence-electron chi connectivity index (χ3n) is 6.60. The molecule has 0 aliphatic carbocycles. The third kappa shape index (κ3) is 4.87. The molecule has 0 fully saturated rings. The first-order valence-corrected chi connectivity index (χ1v) is 13.3. The molecule has 0 spiro atoms. The summed E-state index contributed by atoms with van der Waals surface area (Å²) >= 11 is 7.84. The predicted molar refractivity (Wildman–Crippen MR) is 148 cm³/mol. The number of carbonyl (C=O) groups excluding carboxylic acids is 2. The van der Waals surface area contributed by atoms with E-state index in [9.17, 15) is 9.59 Å². The Morgan fingerprint density at radius 1 is 1.05 bits per heavy atom. The van der Waals surface area contributed by atoms with Gasteiger partial charge in [0, 0.05) is 27.6 Å². The van der Waals surface area contributed by atoms with Gasteiger partial charge in [0.2, 0.25) is 5.91 Å². The van der Waals surface area contributed by atoms with Gasteiger partial charge >= 0.3 is 5.97 Å². The van der Waals surface area contributed by atoms with Crippen LogP contribution >= 0.6 is 22.9 Å². The Hall–Kier alpha value is -3.82. The van der Waals surface area contributed by atoms with Crippen LogP contribution in [0.25, 0.3) is 5.00 Å². The highest BCUT2D eigenvalue weighted by Crippen LogP contribution is 2.39. The predicted octanol–water partition coefficient (Wildman–Crippen LogP) is 5.29. The van der Waals surface area contributed by atoms with Crippen LogP contribution in [0.5, 0.6) is 0 Å². The van der Waals surface area contributed by atoms with Gasteiger partial charge in [0.15, 0.2) is 5.82 Å². The normalized spacial score (nSPS) is 14.2. The van der Waals surface area contributed by atoms with Crippen molar-refractivity contribution in [2.75, 3.05) is 7.11 Å². The van der Waals surface area contributed by atoms with Gasteiger partial charge in [0.25, 0.3) is 0 Å². The molecular weight excluding hydrogens is 522 g/mol. The monoisotopic (exact) mass is 547 g/mol. The highest BCUT2D eigenvalue weighted by atomic mass is 35.5. The average Bonchev–Trinajstić information content (AvgIpc) is 3.39. The first kappa shape index (κ1) is 25.8. The van der Waals surface area contributed by atoms with Gasteiger partial charge in [-0.05, 0) is 56.2 Å². The number of ether oxygens (including phenoxy) is 1. The lowest BCUT2D eigenvalue weighted by Crippen LogP contribution is -2.25. The van der Waals surface area contributed by atoms with Crippen molar-refractivity contribution < 1.29 is 14.3 Å². The molecule has 0 radical (unpaired) electrons. The van der Waals surface area contributed by atoms with Gasteiger partial charge < -0.3 is 10.1 Å². The molecule has 5 rings (SSSR count). The summed E-state index contributed by atoms with van der Waals surface area (Å²) in [6.07, 6.45) is 0.0996. The molecule has 1 aliphatic heterocycles. The van der Waals surface area contributed by atoms with E-state index in [2.05, 4.69) is 29.4 Å². The second-order valence-corrected chi connectivity index (χ2v) is 10.7. The summed E-state index contributed by atoms with van der Waals surface area (Å²) < 4.78 is 6.76. The molecule has 2 aromatic carbocycles. The van der Waals surface area contributed by atoms with Crippen LogP contribution in [0.1, 0.15) is 61.6 Å². The number of methoxy groups -OCH3 is 1. The van der Waals surface area contributed by atoms with E-state index in [4.69, 9.17) is 21.3 Å². The summed E-state index contributed by atoms with van der Waals surface area (Å²) in [6.45, 7) is 6.41. The zero-order valence-corrected chi connectivity index (χ0v) is 23.0. The fraction of sp³-hybridized carbons (Fsp3) is 0.250.